The van der Waals surface area contributed by atoms with Gasteiger partial charge in [0.05, 0.1) is 0 Å². The number of amides is 1. The third-order valence-electron chi connectivity index (χ3n) is 3.66. The molecule has 0 atom stereocenters. The molecule has 0 N–H and O–H groups in total. The SMILES string of the molecule is CCCCN(Cc1ccc(C)cc1)C(=O)c1cc(=O)cc(C)o1. The van der Waals surface area contributed by atoms with Gasteiger partial charge in [-0.1, -0.05) is 43.2 Å². The number of aryl methyl sites for hydroxylation is 2. The standard InChI is InChI=1S/C19H23NO3/c1-4-5-10-20(13-16-8-6-14(2)7-9-16)19(22)18-12-17(21)11-15(3)23-18/h6-9,11-12H,4-5,10,13H2,1-3H3. The lowest BCUT2D eigenvalue weighted by molar-refractivity contribution is 0.0704. The molecule has 0 spiro atoms. The topological polar surface area (TPSA) is 50.5 Å². The molecule has 0 aliphatic rings. The second kappa shape index (κ2) is 7.77. The van der Waals surface area contributed by atoms with Crippen molar-refractivity contribution in [3.05, 3.63) is 69.3 Å². The molecule has 0 aliphatic heterocycles. The Balaban J connectivity index is 2.24. The fourth-order valence-corrected chi connectivity index (χ4v) is 2.38. The zero-order valence-electron chi connectivity index (χ0n) is 14.0. The molecule has 1 amide bonds. The number of carbonyl (C=O) groups excluding carboxylic acids is 1. The predicted octanol–water partition coefficient (Wildman–Crippen LogP) is 3.70. The molecule has 0 unspecified atom stereocenters. The molecule has 0 saturated carbocycles. The summed E-state index contributed by atoms with van der Waals surface area (Å²) in [5.41, 5.74) is 2.04. The summed E-state index contributed by atoms with van der Waals surface area (Å²) in [6.45, 7) is 6.94. The molecular formula is C19H23NO3. The van der Waals surface area contributed by atoms with Gasteiger partial charge in [-0.25, -0.2) is 0 Å². The molecule has 4 nitrogen and oxygen atoms in total. The second-order valence-corrected chi connectivity index (χ2v) is 5.83. The summed E-state index contributed by atoms with van der Waals surface area (Å²) in [6.07, 6.45) is 1.91. The van der Waals surface area contributed by atoms with Gasteiger partial charge in [-0.3, -0.25) is 9.59 Å². The van der Waals surface area contributed by atoms with Gasteiger partial charge < -0.3 is 9.32 Å². The Kier molecular flexibility index (Phi) is 5.74. The quantitative estimate of drug-likeness (QED) is 0.817. The van der Waals surface area contributed by atoms with Crippen molar-refractivity contribution >= 4 is 5.91 Å². The van der Waals surface area contributed by atoms with E-state index in [1.54, 1.807) is 11.8 Å². The first-order chi connectivity index (χ1) is 11.0. The number of hydrogen-bond acceptors (Lipinski definition) is 3. The average molecular weight is 313 g/mol. The second-order valence-electron chi connectivity index (χ2n) is 5.83. The summed E-state index contributed by atoms with van der Waals surface area (Å²) in [7, 11) is 0. The van der Waals surface area contributed by atoms with Crippen LogP contribution in [0.5, 0.6) is 0 Å². The highest BCUT2D eigenvalue weighted by Gasteiger charge is 2.19. The van der Waals surface area contributed by atoms with Crippen molar-refractivity contribution in [1.82, 2.24) is 4.90 Å². The number of unbranched alkanes of at least 4 members (excludes halogenated alkanes) is 1. The van der Waals surface area contributed by atoms with Gasteiger partial charge in [-0.05, 0) is 25.8 Å². The van der Waals surface area contributed by atoms with Crippen molar-refractivity contribution in [3.63, 3.8) is 0 Å². The van der Waals surface area contributed by atoms with E-state index < -0.39 is 0 Å². The van der Waals surface area contributed by atoms with Crippen LogP contribution in [0.2, 0.25) is 0 Å². The van der Waals surface area contributed by atoms with Crippen LogP contribution in [-0.2, 0) is 6.54 Å². The third kappa shape index (κ3) is 4.81. The van der Waals surface area contributed by atoms with Crippen LogP contribution in [0.15, 0.2) is 45.6 Å². The zero-order valence-corrected chi connectivity index (χ0v) is 14.0. The molecule has 0 saturated heterocycles. The molecule has 2 aromatic rings. The number of nitrogens with zero attached hydrogens (tertiary/aromatic N) is 1. The minimum Gasteiger partial charge on any atom is -0.456 e. The Hall–Kier alpha value is -2.36. The maximum Gasteiger partial charge on any atom is 0.290 e. The summed E-state index contributed by atoms with van der Waals surface area (Å²) in [5, 5.41) is 0. The molecule has 122 valence electrons. The number of benzene rings is 1. The Morgan fingerprint density at radius 1 is 1.13 bits per heavy atom. The van der Waals surface area contributed by atoms with E-state index in [4.69, 9.17) is 4.42 Å². The minimum absolute atomic E-state index is 0.109. The Morgan fingerprint density at radius 3 is 2.43 bits per heavy atom. The summed E-state index contributed by atoms with van der Waals surface area (Å²) in [4.78, 5) is 26.1. The van der Waals surface area contributed by atoms with Crippen molar-refractivity contribution < 1.29 is 9.21 Å². The van der Waals surface area contributed by atoms with Gasteiger partial charge in [0.25, 0.3) is 5.91 Å². The van der Waals surface area contributed by atoms with Crippen LogP contribution in [0.3, 0.4) is 0 Å². The molecule has 0 radical (unpaired) electrons. The van der Waals surface area contributed by atoms with Gasteiger partial charge in [0, 0.05) is 25.2 Å². The van der Waals surface area contributed by atoms with E-state index in [9.17, 15) is 9.59 Å². The maximum absolute atomic E-state index is 12.7. The summed E-state index contributed by atoms with van der Waals surface area (Å²) < 4.78 is 5.45. The van der Waals surface area contributed by atoms with Crippen LogP contribution < -0.4 is 5.43 Å². The van der Waals surface area contributed by atoms with Crippen molar-refractivity contribution in [2.75, 3.05) is 6.54 Å². The first-order valence-electron chi connectivity index (χ1n) is 7.96. The van der Waals surface area contributed by atoms with Crippen molar-refractivity contribution in [2.45, 2.75) is 40.2 Å². The molecule has 4 heteroatoms. The van der Waals surface area contributed by atoms with Crippen molar-refractivity contribution in [2.24, 2.45) is 0 Å². The Labute approximate surface area is 136 Å². The highest BCUT2D eigenvalue weighted by atomic mass is 16.3. The molecule has 1 aromatic carbocycles. The lowest BCUT2D eigenvalue weighted by atomic mass is 10.1. The predicted molar refractivity (Wildman–Crippen MR) is 90.5 cm³/mol. The average Bonchev–Trinajstić information content (AvgIpc) is 2.51. The summed E-state index contributed by atoms with van der Waals surface area (Å²) >= 11 is 0. The smallest absolute Gasteiger partial charge is 0.290 e. The van der Waals surface area contributed by atoms with E-state index in [1.807, 2.05) is 31.2 Å². The van der Waals surface area contributed by atoms with E-state index in [2.05, 4.69) is 6.92 Å². The Bertz CT molecular complexity index is 716. The molecular weight excluding hydrogens is 290 g/mol. The van der Waals surface area contributed by atoms with E-state index >= 15 is 0 Å². The molecule has 2 rings (SSSR count). The van der Waals surface area contributed by atoms with Gasteiger partial charge in [0.1, 0.15) is 5.76 Å². The van der Waals surface area contributed by atoms with Crippen LogP contribution in [0.25, 0.3) is 0 Å². The first kappa shape index (κ1) is 17.0. The number of hydrogen-bond donors (Lipinski definition) is 0. The molecule has 0 fully saturated rings. The maximum atomic E-state index is 12.7. The lowest BCUT2D eigenvalue weighted by Gasteiger charge is -2.22. The molecule has 1 aromatic heterocycles. The van der Waals surface area contributed by atoms with Gasteiger partial charge >= 0.3 is 0 Å². The number of rotatable bonds is 6. The fourth-order valence-electron chi connectivity index (χ4n) is 2.38. The third-order valence-corrected chi connectivity index (χ3v) is 3.66. The van der Waals surface area contributed by atoms with E-state index in [-0.39, 0.29) is 17.1 Å². The van der Waals surface area contributed by atoms with Gasteiger partial charge in [-0.15, -0.1) is 0 Å². The largest absolute Gasteiger partial charge is 0.456 e. The van der Waals surface area contributed by atoms with Gasteiger partial charge in [0.15, 0.2) is 11.2 Å². The van der Waals surface area contributed by atoms with E-state index in [0.717, 1.165) is 18.4 Å². The number of carbonyl (C=O) groups is 1. The molecule has 0 aliphatic carbocycles. The highest BCUT2D eigenvalue weighted by molar-refractivity contribution is 5.91. The summed E-state index contributed by atoms with van der Waals surface area (Å²) in [5.74, 6) is 0.324. The summed E-state index contributed by atoms with van der Waals surface area (Å²) in [6, 6.07) is 10.8. The van der Waals surface area contributed by atoms with E-state index in [1.165, 1.54) is 17.7 Å². The van der Waals surface area contributed by atoms with Gasteiger partial charge in [0.2, 0.25) is 0 Å². The normalized spacial score (nSPS) is 10.6. The van der Waals surface area contributed by atoms with Crippen molar-refractivity contribution in [3.8, 4) is 0 Å². The van der Waals surface area contributed by atoms with Gasteiger partial charge in [-0.2, -0.15) is 0 Å². The highest BCUT2D eigenvalue weighted by Crippen LogP contribution is 2.12. The Morgan fingerprint density at radius 2 is 1.83 bits per heavy atom. The monoisotopic (exact) mass is 313 g/mol. The zero-order chi connectivity index (χ0) is 16.8. The van der Waals surface area contributed by atoms with Crippen LogP contribution >= 0.6 is 0 Å². The lowest BCUT2D eigenvalue weighted by Crippen LogP contribution is -2.32. The van der Waals surface area contributed by atoms with Crippen LogP contribution in [0, 0.1) is 13.8 Å². The van der Waals surface area contributed by atoms with E-state index in [0.29, 0.717) is 18.8 Å². The molecule has 23 heavy (non-hydrogen) atoms. The first-order valence-corrected chi connectivity index (χ1v) is 7.96. The fraction of sp³-hybridized carbons (Fsp3) is 0.368. The van der Waals surface area contributed by atoms with Crippen LogP contribution in [-0.4, -0.2) is 17.4 Å². The van der Waals surface area contributed by atoms with Crippen molar-refractivity contribution in [1.29, 1.82) is 0 Å². The molecule has 0 bridgehead atoms. The minimum atomic E-state index is -0.236. The molecule has 1 heterocycles. The van der Waals surface area contributed by atoms with Crippen LogP contribution in [0.1, 0.15) is 47.2 Å². The van der Waals surface area contributed by atoms with Crippen LogP contribution in [0.4, 0.5) is 0 Å².